The number of hydrogen-bond acceptors (Lipinski definition) is 5. The van der Waals surface area contributed by atoms with E-state index < -0.39 is 0 Å². The van der Waals surface area contributed by atoms with Crippen molar-refractivity contribution in [1.82, 2.24) is 14.7 Å². The molecule has 7 nitrogen and oxygen atoms in total. The first-order valence-electron chi connectivity index (χ1n) is 10.7. The molecule has 1 aliphatic rings. The molecule has 1 fully saturated rings. The minimum absolute atomic E-state index is 0.0609. The highest BCUT2D eigenvalue weighted by atomic mass is 16.5. The molecule has 1 N–H and O–H groups in total. The maximum atomic E-state index is 12.6. The summed E-state index contributed by atoms with van der Waals surface area (Å²) < 4.78 is 5.75. The normalized spacial score (nSPS) is 14.5. The molecule has 0 spiro atoms. The number of benzene rings is 2. The number of hydrogen-bond donors (Lipinski definition) is 1. The van der Waals surface area contributed by atoms with Crippen molar-refractivity contribution < 1.29 is 14.3 Å². The first kappa shape index (κ1) is 22.8. The molecule has 166 valence electrons. The number of piperazine rings is 1. The number of nitrogens with one attached hydrogen (secondary N) is 1. The van der Waals surface area contributed by atoms with E-state index in [1.807, 2.05) is 66.4 Å². The van der Waals surface area contributed by atoms with Crippen LogP contribution in [0.25, 0.3) is 0 Å². The summed E-state index contributed by atoms with van der Waals surface area (Å²) in [6, 6.07) is 17.5. The Balaban J connectivity index is 1.32. The zero-order valence-corrected chi connectivity index (χ0v) is 18.4. The number of aryl methyl sites for hydroxylation is 1. The number of likely N-dealkylation sites (N-methyl/N-ethyl adjacent to an activating group) is 1. The Hall–Kier alpha value is -2.90. The van der Waals surface area contributed by atoms with Gasteiger partial charge in [-0.25, -0.2) is 0 Å². The van der Waals surface area contributed by atoms with Gasteiger partial charge in [-0.3, -0.25) is 19.4 Å². The van der Waals surface area contributed by atoms with Gasteiger partial charge in [0.2, 0.25) is 11.8 Å². The Labute approximate surface area is 184 Å². The molecule has 0 atom stereocenters. The standard InChI is InChI=1S/C24H32N4O3/c1-20-8-10-21(11-9-20)25-23(29)18-26(2)19-24(30)28-14-12-27(13-15-28)16-17-31-22-6-4-3-5-7-22/h3-11H,12-19H2,1-2H3,(H,25,29). The first-order chi connectivity index (χ1) is 15.0. The lowest BCUT2D eigenvalue weighted by atomic mass is 10.2. The van der Waals surface area contributed by atoms with Gasteiger partial charge in [-0.05, 0) is 38.2 Å². The SMILES string of the molecule is Cc1ccc(NC(=O)CN(C)CC(=O)N2CCN(CCOc3ccccc3)CC2)cc1. The van der Waals surface area contributed by atoms with Gasteiger partial charge in [0, 0.05) is 38.4 Å². The van der Waals surface area contributed by atoms with Gasteiger partial charge in [-0.15, -0.1) is 0 Å². The van der Waals surface area contributed by atoms with Gasteiger partial charge >= 0.3 is 0 Å². The summed E-state index contributed by atoms with van der Waals surface area (Å²) in [6.45, 7) is 6.97. The zero-order chi connectivity index (χ0) is 22.1. The van der Waals surface area contributed by atoms with Crippen molar-refractivity contribution in [2.45, 2.75) is 6.92 Å². The van der Waals surface area contributed by atoms with Crippen molar-refractivity contribution in [3.63, 3.8) is 0 Å². The van der Waals surface area contributed by atoms with Gasteiger partial charge in [0.25, 0.3) is 0 Å². The summed E-state index contributed by atoms with van der Waals surface area (Å²) in [6.07, 6.45) is 0. The highest BCUT2D eigenvalue weighted by Crippen LogP contribution is 2.10. The van der Waals surface area contributed by atoms with Gasteiger partial charge in [0.1, 0.15) is 12.4 Å². The molecule has 0 aromatic heterocycles. The zero-order valence-electron chi connectivity index (χ0n) is 18.4. The van der Waals surface area contributed by atoms with Crippen LogP contribution in [-0.2, 0) is 9.59 Å². The highest BCUT2D eigenvalue weighted by Gasteiger charge is 2.22. The van der Waals surface area contributed by atoms with Crippen LogP contribution in [0.2, 0.25) is 0 Å². The van der Waals surface area contributed by atoms with Crippen LogP contribution in [0, 0.1) is 6.92 Å². The molecule has 7 heteroatoms. The van der Waals surface area contributed by atoms with E-state index in [1.54, 1.807) is 11.9 Å². The molecular weight excluding hydrogens is 392 g/mol. The van der Waals surface area contributed by atoms with Gasteiger partial charge < -0.3 is 15.0 Å². The van der Waals surface area contributed by atoms with E-state index in [-0.39, 0.29) is 24.9 Å². The minimum atomic E-state index is -0.123. The number of amides is 2. The third kappa shape index (κ3) is 7.70. The smallest absolute Gasteiger partial charge is 0.238 e. The highest BCUT2D eigenvalue weighted by molar-refractivity contribution is 5.92. The summed E-state index contributed by atoms with van der Waals surface area (Å²) in [5.74, 6) is 0.818. The maximum Gasteiger partial charge on any atom is 0.238 e. The Bertz CT molecular complexity index is 834. The van der Waals surface area contributed by atoms with Crippen LogP contribution >= 0.6 is 0 Å². The average molecular weight is 425 g/mol. The maximum absolute atomic E-state index is 12.6. The van der Waals surface area contributed by atoms with E-state index >= 15 is 0 Å². The largest absolute Gasteiger partial charge is 0.492 e. The van der Waals surface area contributed by atoms with Crippen molar-refractivity contribution in [2.24, 2.45) is 0 Å². The summed E-state index contributed by atoms with van der Waals surface area (Å²) in [5, 5.41) is 2.87. The van der Waals surface area contributed by atoms with Crippen LogP contribution in [0.4, 0.5) is 5.69 Å². The van der Waals surface area contributed by atoms with Crippen molar-refractivity contribution in [3.05, 3.63) is 60.2 Å². The summed E-state index contributed by atoms with van der Waals surface area (Å²) in [7, 11) is 1.80. The molecular formula is C24H32N4O3. The molecule has 0 unspecified atom stereocenters. The molecule has 2 amide bonds. The van der Waals surface area contributed by atoms with Crippen molar-refractivity contribution >= 4 is 17.5 Å². The number of para-hydroxylation sites is 1. The van der Waals surface area contributed by atoms with Crippen molar-refractivity contribution in [1.29, 1.82) is 0 Å². The molecule has 0 bridgehead atoms. The molecule has 1 heterocycles. The molecule has 3 rings (SSSR count). The molecule has 0 saturated carbocycles. The number of anilines is 1. The number of nitrogens with zero attached hydrogens (tertiary/aromatic N) is 3. The van der Waals surface area contributed by atoms with Gasteiger partial charge in [0.05, 0.1) is 13.1 Å². The van der Waals surface area contributed by atoms with Crippen LogP contribution in [0.3, 0.4) is 0 Å². The quantitative estimate of drug-likeness (QED) is 0.668. The second-order valence-electron chi connectivity index (χ2n) is 7.97. The Morgan fingerprint density at radius 2 is 1.65 bits per heavy atom. The number of carbonyl (C=O) groups is 2. The molecule has 2 aromatic carbocycles. The third-order valence-corrected chi connectivity index (χ3v) is 5.30. The second kappa shape index (κ2) is 11.5. The van der Waals surface area contributed by atoms with Crippen molar-refractivity contribution in [2.75, 3.05) is 64.8 Å². The third-order valence-electron chi connectivity index (χ3n) is 5.30. The van der Waals surface area contributed by atoms with Crippen LogP contribution in [0.5, 0.6) is 5.75 Å². The van der Waals surface area contributed by atoms with E-state index in [2.05, 4.69) is 10.2 Å². The lowest BCUT2D eigenvalue weighted by Gasteiger charge is -2.35. The number of ether oxygens (including phenoxy) is 1. The van der Waals surface area contributed by atoms with Gasteiger partial charge in [-0.2, -0.15) is 0 Å². The summed E-state index contributed by atoms with van der Waals surface area (Å²) in [5.41, 5.74) is 1.91. The Kier molecular flexibility index (Phi) is 8.44. The lowest BCUT2D eigenvalue weighted by Crippen LogP contribution is -2.51. The van der Waals surface area contributed by atoms with Gasteiger partial charge in [-0.1, -0.05) is 35.9 Å². The molecule has 2 aromatic rings. The van der Waals surface area contributed by atoms with Crippen LogP contribution in [0.15, 0.2) is 54.6 Å². The van der Waals surface area contributed by atoms with E-state index in [0.29, 0.717) is 19.7 Å². The minimum Gasteiger partial charge on any atom is -0.492 e. The second-order valence-corrected chi connectivity index (χ2v) is 7.97. The van der Waals surface area contributed by atoms with E-state index in [1.165, 1.54) is 0 Å². The van der Waals surface area contributed by atoms with Crippen molar-refractivity contribution in [3.8, 4) is 5.75 Å². The van der Waals surface area contributed by atoms with Gasteiger partial charge in [0.15, 0.2) is 0 Å². The molecule has 0 aliphatic carbocycles. The predicted octanol–water partition coefficient (Wildman–Crippen LogP) is 2.09. The van der Waals surface area contributed by atoms with E-state index in [0.717, 1.165) is 36.6 Å². The monoisotopic (exact) mass is 424 g/mol. The first-order valence-corrected chi connectivity index (χ1v) is 10.7. The van der Waals surface area contributed by atoms with E-state index in [9.17, 15) is 9.59 Å². The Morgan fingerprint density at radius 1 is 0.968 bits per heavy atom. The fourth-order valence-electron chi connectivity index (χ4n) is 3.50. The summed E-state index contributed by atoms with van der Waals surface area (Å²) in [4.78, 5) is 30.8. The molecule has 0 radical (unpaired) electrons. The molecule has 31 heavy (non-hydrogen) atoms. The summed E-state index contributed by atoms with van der Waals surface area (Å²) >= 11 is 0. The topological polar surface area (TPSA) is 65.1 Å². The Morgan fingerprint density at radius 3 is 2.32 bits per heavy atom. The lowest BCUT2D eigenvalue weighted by molar-refractivity contribution is -0.134. The number of carbonyl (C=O) groups excluding carboxylic acids is 2. The van der Waals surface area contributed by atoms with Crippen LogP contribution in [-0.4, -0.2) is 86.0 Å². The fraction of sp³-hybridized carbons (Fsp3) is 0.417. The van der Waals surface area contributed by atoms with Crippen LogP contribution in [0.1, 0.15) is 5.56 Å². The van der Waals surface area contributed by atoms with E-state index in [4.69, 9.17) is 4.74 Å². The van der Waals surface area contributed by atoms with Crippen LogP contribution < -0.4 is 10.1 Å². The average Bonchev–Trinajstić information content (AvgIpc) is 2.76. The molecule has 1 saturated heterocycles. The molecule has 1 aliphatic heterocycles. The fourth-order valence-corrected chi connectivity index (χ4v) is 3.50. The number of rotatable bonds is 9. The predicted molar refractivity (Wildman–Crippen MR) is 122 cm³/mol.